The summed E-state index contributed by atoms with van der Waals surface area (Å²) in [5.74, 6) is 0. The molecule has 2 aliphatic rings. The van der Waals surface area contributed by atoms with E-state index in [4.69, 9.17) is 4.74 Å². The van der Waals surface area contributed by atoms with Crippen LogP contribution in [0, 0.1) is 20.2 Å². The van der Waals surface area contributed by atoms with Crippen molar-refractivity contribution in [1.29, 1.82) is 0 Å². The maximum Gasteiger partial charge on any atom is 0.316 e. The molecule has 14 nitrogen and oxygen atoms in total. The van der Waals surface area contributed by atoms with Crippen LogP contribution < -0.4 is 0 Å². The highest BCUT2D eigenvalue weighted by molar-refractivity contribution is 5.66. The molecule has 0 atom stereocenters. The first-order chi connectivity index (χ1) is 21.3. The predicted molar refractivity (Wildman–Crippen MR) is 167 cm³/mol. The van der Waals surface area contributed by atoms with Crippen LogP contribution in [0.1, 0.15) is 77.8 Å². The summed E-state index contributed by atoms with van der Waals surface area (Å²) in [4.78, 5) is 30.1. The molecule has 6 rings (SSSR count). The molecule has 0 spiro atoms. The van der Waals surface area contributed by atoms with Crippen molar-refractivity contribution in [3.63, 3.8) is 0 Å². The Hall–Kier alpha value is -4.56. The number of hydrogen-bond acceptors (Lipinski definition) is 10. The van der Waals surface area contributed by atoms with Crippen LogP contribution in [0.2, 0.25) is 0 Å². The number of nitro groups is 2. The van der Waals surface area contributed by atoms with E-state index in [1.807, 2.05) is 6.92 Å². The third kappa shape index (κ3) is 8.13. The second-order valence-electron chi connectivity index (χ2n) is 11.0. The van der Waals surface area contributed by atoms with Gasteiger partial charge in [-0.25, -0.2) is 0 Å². The number of rotatable bonds is 8. The van der Waals surface area contributed by atoms with Gasteiger partial charge in [-0.05, 0) is 82.6 Å². The Morgan fingerprint density at radius 3 is 1.60 bits per heavy atom. The van der Waals surface area contributed by atoms with Gasteiger partial charge in [0.05, 0.1) is 45.5 Å². The van der Waals surface area contributed by atoms with Crippen LogP contribution in [0.4, 0.5) is 11.4 Å². The molecule has 4 heterocycles. The highest BCUT2D eigenvalue weighted by Crippen LogP contribution is 2.35. The van der Waals surface area contributed by atoms with Crippen molar-refractivity contribution >= 4 is 11.4 Å². The zero-order chi connectivity index (χ0) is 31.1. The molecule has 2 fully saturated rings. The maximum absolute atomic E-state index is 11.3. The summed E-state index contributed by atoms with van der Waals surface area (Å²) >= 11 is 0. The molecule has 0 saturated heterocycles. The topological polar surface area (TPSA) is 177 Å². The summed E-state index contributed by atoms with van der Waals surface area (Å²) in [6, 6.07) is 10.9. The van der Waals surface area contributed by atoms with E-state index in [1.54, 1.807) is 58.2 Å². The van der Waals surface area contributed by atoms with Gasteiger partial charge in [0.15, 0.2) is 11.4 Å². The van der Waals surface area contributed by atoms with Gasteiger partial charge in [-0.1, -0.05) is 19.6 Å². The predicted octanol–water partition coefficient (Wildman–Crippen LogP) is 6.34. The molecular formula is C31H40N8O6. The summed E-state index contributed by atoms with van der Waals surface area (Å²) in [7, 11) is 0. The standard InChI is InChI=1S/C16H20N4O3.C14H16N4O3.CH4/c1-2-23-13-8-6-12(7-9-13)19-11-15(20(21)22)16(18-19)14-5-3-4-10-17-14;19-11-6-4-10(5-7-11)17-9-13(18(20)21)14(16-17)12-3-1-2-8-15-12;/h3-5,10-13H,2,6-9H2,1H3;1-3,8-11,19H,4-7H2;1H4. The highest BCUT2D eigenvalue weighted by Gasteiger charge is 2.29. The number of aliphatic hydroxyl groups excluding tert-OH is 1. The SMILES string of the molecule is C.CCOC1CCC(n2cc([N+](=O)[O-])c(-c3ccccn3)n2)CC1.O=[N+]([O-])c1cn(C2CCC(O)CC2)nc1-c1ccccn1. The van der Waals surface area contributed by atoms with Crippen LogP contribution in [0.3, 0.4) is 0 Å². The van der Waals surface area contributed by atoms with Gasteiger partial charge in [0.1, 0.15) is 12.4 Å². The lowest BCUT2D eigenvalue weighted by molar-refractivity contribution is -0.384. The van der Waals surface area contributed by atoms with Gasteiger partial charge in [-0.2, -0.15) is 10.2 Å². The van der Waals surface area contributed by atoms with Crippen molar-refractivity contribution < 1.29 is 19.7 Å². The van der Waals surface area contributed by atoms with Gasteiger partial charge in [0, 0.05) is 19.0 Å². The smallest absolute Gasteiger partial charge is 0.316 e. The first-order valence-corrected chi connectivity index (χ1v) is 14.9. The Balaban J connectivity index is 0.000000201. The second-order valence-corrected chi connectivity index (χ2v) is 11.0. The molecule has 0 amide bonds. The first-order valence-electron chi connectivity index (χ1n) is 14.9. The average molecular weight is 621 g/mol. The Kier molecular flexibility index (Phi) is 11.4. The maximum atomic E-state index is 11.3. The van der Waals surface area contributed by atoms with Crippen molar-refractivity contribution in [2.24, 2.45) is 0 Å². The molecule has 240 valence electrons. The summed E-state index contributed by atoms with van der Waals surface area (Å²) in [6.07, 6.45) is 13.0. The lowest BCUT2D eigenvalue weighted by atomic mass is 9.93. The minimum Gasteiger partial charge on any atom is -0.393 e. The van der Waals surface area contributed by atoms with Crippen molar-refractivity contribution in [2.75, 3.05) is 6.61 Å². The molecule has 0 bridgehead atoms. The fraction of sp³-hybridized carbons (Fsp3) is 0.484. The Bertz CT molecular complexity index is 1530. The van der Waals surface area contributed by atoms with E-state index >= 15 is 0 Å². The third-order valence-electron chi connectivity index (χ3n) is 8.09. The van der Waals surface area contributed by atoms with Crippen molar-refractivity contribution in [1.82, 2.24) is 29.5 Å². The number of hydrogen-bond donors (Lipinski definition) is 1. The van der Waals surface area contributed by atoms with Crippen molar-refractivity contribution in [3.05, 3.63) is 81.4 Å². The first kappa shape index (κ1) is 33.3. The molecule has 4 aromatic rings. The number of pyridine rings is 2. The van der Waals surface area contributed by atoms with Gasteiger partial charge >= 0.3 is 11.4 Å². The van der Waals surface area contributed by atoms with Crippen LogP contribution >= 0.6 is 0 Å². The summed E-state index contributed by atoms with van der Waals surface area (Å²) < 4.78 is 9.06. The fourth-order valence-electron chi connectivity index (χ4n) is 5.81. The Morgan fingerprint density at radius 1 is 0.778 bits per heavy atom. The quantitative estimate of drug-likeness (QED) is 0.173. The van der Waals surface area contributed by atoms with E-state index in [0.717, 1.165) is 45.1 Å². The molecule has 0 aromatic carbocycles. The van der Waals surface area contributed by atoms with Crippen LogP contribution in [0.5, 0.6) is 0 Å². The summed E-state index contributed by atoms with van der Waals surface area (Å²) in [5, 5.41) is 41.0. The highest BCUT2D eigenvalue weighted by atomic mass is 16.6. The molecule has 1 N–H and O–H groups in total. The Labute approximate surface area is 261 Å². The van der Waals surface area contributed by atoms with E-state index in [9.17, 15) is 25.3 Å². The van der Waals surface area contributed by atoms with E-state index in [1.165, 1.54) is 12.4 Å². The van der Waals surface area contributed by atoms with Crippen LogP contribution in [0.25, 0.3) is 22.8 Å². The lowest BCUT2D eigenvalue weighted by Gasteiger charge is -2.28. The third-order valence-corrected chi connectivity index (χ3v) is 8.09. The van der Waals surface area contributed by atoms with E-state index in [0.29, 0.717) is 41.7 Å². The molecule has 0 radical (unpaired) electrons. The largest absolute Gasteiger partial charge is 0.393 e. The van der Waals surface area contributed by atoms with E-state index < -0.39 is 4.92 Å². The molecule has 2 saturated carbocycles. The second kappa shape index (κ2) is 15.4. The van der Waals surface area contributed by atoms with Gasteiger partial charge in [0.2, 0.25) is 0 Å². The molecule has 0 aliphatic heterocycles. The lowest BCUT2D eigenvalue weighted by Crippen LogP contribution is -2.24. The molecular weight excluding hydrogens is 580 g/mol. The monoisotopic (exact) mass is 620 g/mol. The van der Waals surface area contributed by atoms with Gasteiger partial charge in [-0.15, -0.1) is 0 Å². The van der Waals surface area contributed by atoms with E-state index in [-0.39, 0.29) is 41.9 Å². The van der Waals surface area contributed by atoms with Crippen molar-refractivity contribution in [3.8, 4) is 22.8 Å². The summed E-state index contributed by atoms with van der Waals surface area (Å²) in [5.41, 5.74) is 1.64. The molecule has 4 aromatic heterocycles. The van der Waals surface area contributed by atoms with Gasteiger partial charge < -0.3 is 9.84 Å². The molecule has 2 aliphatic carbocycles. The normalized spacial score (nSPS) is 21.2. The minimum atomic E-state index is -0.425. The van der Waals surface area contributed by atoms with Gasteiger partial charge in [0.25, 0.3) is 0 Å². The Morgan fingerprint density at radius 2 is 1.22 bits per heavy atom. The zero-order valence-corrected chi connectivity index (χ0v) is 24.5. The number of ether oxygens (including phenoxy) is 1. The molecule has 14 heteroatoms. The molecule has 45 heavy (non-hydrogen) atoms. The van der Waals surface area contributed by atoms with Crippen molar-refractivity contribution in [2.45, 2.75) is 90.0 Å². The number of nitrogens with zero attached hydrogens (tertiary/aromatic N) is 8. The number of aliphatic hydroxyl groups is 1. The summed E-state index contributed by atoms with van der Waals surface area (Å²) in [6.45, 7) is 2.73. The number of aromatic nitrogens is 6. The average Bonchev–Trinajstić information content (AvgIpc) is 3.70. The van der Waals surface area contributed by atoms with Gasteiger partial charge in [-0.3, -0.25) is 39.6 Å². The zero-order valence-electron chi connectivity index (χ0n) is 24.5. The van der Waals surface area contributed by atoms with Crippen LogP contribution in [-0.2, 0) is 4.74 Å². The van der Waals surface area contributed by atoms with E-state index in [2.05, 4.69) is 20.2 Å². The van der Waals surface area contributed by atoms with Crippen LogP contribution in [-0.4, -0.2) is 63.3 Å². The molecule has 0 unspecified atom stereocenters. The van der Waals surface area contributed by atoms with Crippen LogP contribution in [0.15, 0.2) is 61.2 Å². The fourth-order valence-corrected chi connectivity index (χ4v) is 5.81. The minimum absolute atomic E-state index is 0.